The Hall–Kier alpha value is -2.37. The molecule has 2 aliphatic rings. The van der Waals surface area contributed by atoms with Crippen LogP contribution in [0.15, 0.2) is 70.6 Å². The summed E-state index contributed by atoms with van der Waals surface area (Å²) in [6.45, 7) is 0. The molecule has 0 aromatic heterocycles. The number of allylic oxidation sites excluding steroid dienone is 8. The first-order valence-electron chi connectivity index (χ1n) is 5.99. The summed E-state index contributed by atoms with van der Waals surface area (Å²) in [6.07, 6.45) is 12.5. The molecule has 1 aliphatic carbocycles. The van der Waals surface area contributed by atoms with Crippen molar-refractivity contribution in [3.8, 4) is 0 Å². The van der Waals surface area contributed by atoms with E-state index in [2.05, 4.69) is 4.74 Å². The first-order valence-corrected chi connectivity index (χ1v) is 6.37. The van der Waals surface area contributed by atoms with Gasteiger partial charge in [0.2, 0.25) is 5.78 Å². The number of ketones is 1. The Kier molecular flexibility index (Phi) is 4.57. The third kappa shape index (κ3) is 3.39. The van der Waals surface area contributed by atoms with Crippen molar-refractivity contribution in [2.45, 2.75) is 0 Å². The maximum atomic E-state index is 12.1. The second kappa shape index (κ2) is 6.39. The van der Waals surface area contributed by atoms with Crippen molar-refractivity contribution in [2.75, 3.05) is 7.11 Å². The molecule has 5 nitrogen and oxygen atoms in total. The minimum atomic E-state index is -0.650. The molecule has 2 rings (SSSR count). The highest BCUT2D eigenvalue weighted by molar-refractivity contribution is 6.48. The van der Waals surface area contributed by atoms with Gasteiger partial charge in [0.25, 0.3) is 0 Å². The highest BCUT2D eigenvalue weighted by atomic mass is 35.5. The van der Waals surface area contributed by atoms with Crippen LogP contribution in [0, 0.1) is 0 Å². The van der Waals surface area contributed by atoms with Gasteiger partial charge in [-0.3, -0.25) is 10.0 Å². The fourth-order valence-electron chi connectivity index (χ4n) is 1.70. The zero-order valence-electron chi connectivity index (χ0n) is 11.1. The van der Waals surface area contributed by atoms with Gasteiger partial charge in [0, 0.05) is 18.0 Å². The maximum Gasteiger partial charge on any atom is 0.339 e. The van der Waals surface area contributed by atoms with Gasteiger partial charge < -0.3 is 4.74 Å². The third-order valence-electron chi connectivity index (χ3n) is 2.83. The number of hydrogen-bond acceptors (Lipinski definition) is 5. The lowest BCUT2D eigenvalue weighted by molar-refractivity contribution is -0.136. The fourth-order valence-corrected chi connectivity index (χ4v) is 1.95. The van der Waals surface area contributed by atoms with Gasteiger partial charge >= 0.3 is 5.97 Å². The summed E-state index contributed by atoms with van der Waals surface area (Å²) in [5.74, 6) is -1.09. The van der Waals surface area contributed by atoms with Crippen molar-refractivity contribution in [1.82, 2.24) is 5.06 Å². The molecule has 1 N–H and O–H groups in total. The SMILES string of the molecule is COC(=O)C1=C(Cl)C(=O)C(=CC=C2C=CN(O)C=C2)C=C1. The van der Waals surface area contributed by atoms with Crippen molar-refractivity contribution < 1.29 is 19.5 Å². The summed E-state index contributed by atoms with van der Waals surface area (Å²) in [4.78, 5) is 23.5. The van der Waals surface area contributed by atoms with Gasteiger partial charge in [0.1, 0.15) is 5.03 Å². The molecule has 1 heterocycles. The number of rotatable bonds is 2. The van der Waals surface area contributed by atoms with E-state index in [0.717, 1.165) is 10.6 Å². The lowest BCUT2D eigenvalue weighted by Crippen LogP contribution is -2.13. The van der Waals surface area contributed by atoms with Crippen LogP contribution in [0.3, 0.4) is 0 Å². The van der Waals surface area contributed by atoms with Crippen LogP contribution in [0.25, 0.3) is 0 Å². The van der Waals surface area contributed by atoms with Crippen LogP contribution in [0.2, 0.25) is 0 Å². The number of Topliss-reactive ketones (excluding diaryl/α,β-unsaturated/α-hetero) is 1. The van der Waals surface area contributed by atoms with Crippen LogP contribution in [-0.2, 0) is 14.3 Å². The average molecular weight is 306 g/mol. The molecule has 1 aliphatic heterocycles. The maximum absolute atomic E-state index is 12.1. The van der Waals surface area contributed by atoms with Gasteiger partial charge in [0.05, 0.1) is 12.7 Å². The second-order valence-corrected chi connectivity index (χ2v) is 4.56. The predicted octanol–water partition coefficient (Wildman–Crippen LogP) is 2.38. The molecule has 0 spiro atoms. The highest BCUT2D eigenvalue weighted by Crippen LogP contribution is 2.24. The first kappa shape index (κ1) is 15.0. The summed E-state index contributed by atoms with van der Waals surface area (Å²) < 4.78 is 4.55. The molecule has 0 fully saturated rings. The Morgan fingerprint density at radius 3 is 2.52 bits per heavy atom. The number of ether oxygens (including phenoxy) is 1. The predicted molar refractivity (Wildman–Crippen MR) is 77.1 cm³/mol. The van der Waals surface area contributed by atoms with Crippen LogP contribution in [0.1, 0.15) is 0 Å². The van der Waals surface area contributed by atoms with E-state index in [-0.39, 0.29) is 10.6 Å². The molecular formula is C15H12ClNO4. The van der Waals surface area contributed by atoms with Crippen molar-refractivity contribution >= 4 is 23.4 Å². The number of carbonyl (C=O) groups is 2. The Labute approximate surface area is 126 Å². The van der Waals surface area contributed by atoms with E-state index in [1.807, 2.05) is 0 Å². The van der Waals surface area contributed by atoms with Crippen LogP contribution < -0.4 is 0 Å². The van der Waals surface area contributed by atoms with Crippen LogP contribution in [-0.4, -0.2) is 29.1 Å². The van der Waals surface area contributed by atoms with Gasteiger partial charge in [-0.25, -0.2) is 9.86 Å². The fraction of sp³-hybridized carbons (Fsp3) is 0.0667. The van der Waals surface area contributed by atoms with Gasteiger partial charge in [-0.05, 0) is 23.8 Å². The number of nitrogens with zero attached hydrogens (tertiary/aromatic N) is 1. The van der Waals surface area contributed by atoms with Gasteiger partial charge in [-0.2, -0.15) is 0 Å². The van der Waals surface area contributed by atoms with Crippen LogP contribution in [0.4, 0.5) is 0 Å². The number of esters is 1. The average Bonchev–Trinajstić information content (AvgIpc) is 2.49. The topological polar surface area (TPSA) is 66.8 Å². The number of methoxy groups -OCH3 is 1. The monoisotopic (exact) mass is 305 g/mol. The number of hydroxylamine groups is 2. The van der Waals surface area contributed by atoms with Gasteiger partial charge in [0.15, 0.2) is 0 Å². The van der Waals surface area contributed by atoms with E-state index in [1.54, 1.807) is 24.3 Å². The van der Waals surface area contributed by atoms with E-state index in [1.165, 1.54) is 31.7 Å². The first-order chi connectivity index (χ1) is 10.0. The molecule has 0 amide bonds. The Balaban J connectivity index is 2.22. The lowest BCUT2D eigenvalue weighted by atomic mass is 9.99. The zero-order valence-corrected chi connectivity index (χ0v) is 11.9. The van der Waals surface area contributed by atoms with E-state index in [9.17, 15) is 9.59 Å². The van der Waals surface area contributed by atoms with Crippen molar-refractivity contribution in [3.05, 3.63) is 70.6 Å². The summed E-state index contributed by atoms with van der Waals surface area (Å²) in [5.41, 5.74) is 1.20. The second-order valence-electron chi connectivity index (χ2n) is 4.18. The lowest BCUT2D eigenvalue weighted by Gasteiger charge is -2.11. The summed E-state index contributed by atoms with van der Waals surface area (Å²) in [6, 6.07) is 0. The molecular weight excluding hydrogens is 294 g/mol. The molecule has 0 saturated carbocycles. The molecule has 6 heteroatoms. The molecule has 0 saturated heterocycles. The molecule has 0 aromatic rings. The van der Waals surface area contributed by atoms with E-state index in [4.69, 9.17) is 16.8 Å². The van der Waals surface area contributed by atoms with Crippen LogP contribution >= 0.6 is 11.6 Å². The van der Waals surface area contributed by atoms with Gasteiger partial charge in [-0.15, -0.1) is 0 Å². The summed E-state index contributed by atoms with van der Waals surface area (Å²) in [5, 5.41) is 9.86. The van der Waals surface area contributed by atoms with Crippen LogP contribution in [0.5, 0.6) is 0 Å². The largest absolute Gasteiger partial charge is 0.465 e. The molecule has 0 atom stereocenters. The Bertz CT molecular complexity index is 649. The number of halogens is 1. The molecule has 108 valence electrons. The summed E-state index contributed by atoms with van der Waals surface area (Å²) >= 11 is 5.89. The zero-order chi connectivity index (χ0) is 15.4. The van der Waals surface area contributed by atoms with E-state index in [0.29, 0.717) is 5.57 Å². The normalized spacial score (nSPS) is 19.6. The third-order valence-corrected chi connectivity index (χ3v) is 3.20. The molecule has 0 aromatic carbocycles. The Morgan fingerprint density at radius 2 is 1.90 bits per heavy atom. The molecule has 21 heavy (non-hydrogen) atoms. The standard InChI is InChI=1S/C15H12ClNO4/c1-21-15(19)12-5-4-11(14(18)13(12)16)3-2-10-6-8-17(20)9-7-10/h2-9,20H,1H3. The van der Waals surface area contributed by atoms with Gasteiger partial charge in [-0.1, -0.05) is 29.8 Å². The minimum Gasteiger partial charge on any atom is -0.465 e. The van der Waals surface area contributed by atoms with E-state index >= 15 is 0 Å². The van der Waals surface area contributed by atoms with Crippen molar-refractivity contribution in [1.29, 1.82) is 0 Å². The number of carbonyl (C=O) groups excluding carboxylic acids is 2. The molecule has 0 bridgehead atoms. The van der Waals surface area contributed by atoms with Crippen molar-refractivity contribution in [3.63, 3.8) is 0 Å². The Morgan fingerprint density at radius 1 is 1.24 bits per heavy atom. The quantitative estimate of drug-likeness (QED) is 0.627. The van der Waals surface area contributed by atoms with Crippen molar-refractivity contribution in [2.24, 2.45) is 0 Å². The van der Waals surface area contributed by atoms with E-state index < -0.39 is 11.8 Å². The smallest absolute Gasteiger partial charge is 0.339 e. The molecule has 0 radical (unpaired) electrons. The number of hydrogen-bond donors (Lipinski definition) is 1. The summed E-state index contributed by atoms with van der Waals surface area (Å²) in [7, 11) is 1.22. The highest BCUT2D eigenvalue weighted by Gasteiger charge is 2.23. The minimum absolute atomic E-state index is 0.0438. The molecule has 0 unspecified atom stereocenters.